The third-order valence-corrected chi connectivity index (χ3v) is 3.10. The molecule has 2 rings (SSSR count). The lowest BCUT2D eigenvalue weighted by atomic mass is 10.3. The molecular formula is C15H11ClF4N2O2. The van der Waals surface area contributed by atoms with Gasteiger partial charge in [-0.1, -0.05) is 11.6 Å². The van der Waals surface area contributed by atoms with Crippen LogP contribution in [0.15, 0.2) is 36.4 Å². The van der Waals surface area contributed by atoms with Crippen molar-refractivity contribution in [2.75, 3.05) is 17.2 Å². The molecule has 128 valence electrons. The Kier molecular flexibility index (Phi) is 5.86. The van der Waals surface area contributed by atoms with Crippen LogP contribution in [-0.4, -0.2) is 19.1 Å². The number of amides is 1. The fraction of sp³-hybridized carbons (Fsp3) is 0.133. The van der Waals surface area contributed by atoms with E-state index in [4.69, 9.17) is 11.6 Å². The van der Waals surface area contributed by atoms with Crippen molar-refractivity contribution in [3.63, 3.8) is 0 Å². The van der Waals surface area contributed by atoms with E-state index in [-0.39, 0.29) is 23.0 Å². The van der Waals surface area contributed by atoms with E-state index in [1.807, 2.05) is 0 Å². The van der Waals surface area contributed by atoms with Crippen molar-refractivity contribution < 1.29 is 27.1 Å². The number of carbonyl (C=O) groups is 1. The molecule has 0 fully saturated rings. The monoisotopic (exact) mass is 362 g/mol. The van der Waals surface area contributed by atoms with Crippen LogP contribution in [0.2, 0.25) is 5.02 Å². The molecule has 9 heteroatoms. The molecule has 0 aliphatic rings. The van der Waals surface area contributed by atoms with Gasteiger partial charge in [0.1, 0.15) is 17.4 Å². The summed E-state index contributed by atoms with van der Waals surface area (Å²) in [6.45, 7) is -3.25. The summed E-state index contributed by atoms with van der Waals surface area (Å²) in [4.78, 5) is 11.7. The standard InChI is InChI=1S/C15H11ClF4N2O2/c16-10-6-9(2-4-13(10)24-15(19)20)21-7-14(23)22-12-3-1-8(17)5-11(12)18/h1-6,15,21H,7H2,(H,22,23). The minimum absolute atomic E-state index is 0.0645. The van der Waals surface area contributed by atoms with E-state index in [0.717, 1.165) is 12.1 Å². The number of nitrogens with one attached hydrogen (secondary N) is 2. The Morgan fingerprint density at radius 3 is 2.54 bits per heavy atom. The molecule has 0 radical (unpaired) electrons. The Hall–Kier alpha value is -2.48. The smallest absolute Gasteiger partial charge is 0.387 e. The molecule has 0 saturated carbocycles. The van der Waals surface area contributed by atoms with Crippen molar-refractivity contribution >= 4 is 28.9 Å². The molecule has 0 heterocycles. The lowest BCUT2D eigenvalue weighted by Crippen LogP contribution is -2.22. The number of carbonyl (C=O) groups excluding carboxylic acids is 1. The molecule has 4 nitrogen and oxygen atoms in total. The average Bonchev–Trinajstić information content (AvgIpc) is 2.50. The van der Waals surface area contributed by atoms with Crippen molar-refractivity contribution in [2.24, 2.45) is 0 Å². The third kappa shape index (κ3) is 5.02. The average molecular weight is 363 g/mol. The maximum Gasteiger partial charge on any atom is 0.387 e. The highest BCUT2D eigenvalue weighted by Crippen LogP contribution is 2.28. The van der Waals surface area contributed by atoms with Crippen molar-refractivity contribution in [3.05, 3.63) is 53.1 Å². The van der Waals surface area contributed by atoms with Gasteiger partial charge >= 0.3 is 6.61 Å². The molecular weight excluding hydrogens is 352 g/mol. The van der Waals surface area contributed by atoms with Crippen LogP contribution in [-0.2, 0) is 4.79 Å². The zero-order chi connectivity index (χ0) is 17.7. The number of hydrogen-bond donors (Lipinski definition) is 2. The highest BCUT2D eigenvalue weighted by atomic mass is 35.5. The molecule has 2 aromatic rings. The van der Waals surface area contributed by atoms with Gasteiger partial charge in [0.05, 0.1) is 17.3 Å². The molecule has 0 atom stereocenters. The zero-order valence-electron chi connectivity index (χ0n) is 12.0. The van der Waals surface area contributed by atoms with Crippen LogP contribution in [0.5, 0.6) is 5.75 Å². The van der Waals surface area contributed by atoms with Crippen molar-refractivity contribution in [1.82, 2.24) is 0 Å². The lowest BCUT2D eigenvalue weighted by Gasteiger charge is -2.11. The van der Waals surface area contributed by atoms with Crippen molar-refractivity contribution in [1.29, 1.82) is 0 Å². The summed E-state index contributed by atoms with van der Waals surface area (Å²) in [7, 11) is 0. The second-order valence-corrected chi connectivity index (χ2v) is 4.96. The minimum atomic E-state index is -3.00. The molecule has 0 aromatic heterocycles. The van der Waals surface area contributed by atoms with Gasteiger partial charge in [0.2, 0.25) is 5.91 Å². The second kappa shape index (κ2) is 7.87. The van der Waals surface area contributed by atoms with Crippen LogP contribution in [0.1, 0.15) is 0 Å². The summed E-state index contributed by atoms with van der Waals surface area (Å²) < 4.78 is 54.6. The van der Waals surface area contributed by atoms with Crippen molar-refractivity contribution in [3.8, 4) is 5.75 Å². The number of anilines is 2. The Labute approximate surface area is 139 Å². The Morgan fingerprint density at radius 1 is 1.17 bits per heavy atom. The Balaban J connectivity index is 1.93. The normalized spacial score (nSPS) is 10.6. The van der Waals surface area contributed by atoms with Gasteiger partial charge < -0.3 is 15.4 Å². The van der Waals surface area contributed by atoms with Crippen LogP contribution < -0.4 is 15.4 Å². The van der Waals surface area contributed by atoms with Crippen molar-refractivity contribution in [2.45, 2.75) is 6.61 Å². The first-order valence-corrected chi connectivity index (χ1v) is 6.96. The highest BCUT2D eigenvalue weighted by Gasteiger charge is 2.11. The van der Waals surface area contributed by atoms with Gasteiger partial charge in [-0.3, -0.25) is 4.79 Å². The van der Waals surface area contributed by atoms with Crippen LogP contribution in [0.3, 0.4) is 0 Å². The summed E-state index contributed by atoms with van der Waals surface area (Å²) >= 11 is 5.77. The number of hydrogen-bond acceptors (Lipinski definition) is 3. The van der Waals surface area contributed by atoms with E-state index < -0.39 is 24.2 Å². The second-order valence-electron chi connectivity index (χ2n) is 4.55. The highest BCUT2D eigenvalue weighted by molar-refractivity contribution is 6.32. The largest absolute Gasteiger partial charge is 0.433 e. The molecule has 24 heavy (non-hydrogen) atoms. The van der Waals surface area contributed by atoms with Crippen LogP contribution in [0.4, 0.5) is 28.9 Å². The van der Waals surface area contributed by atoms with Crippen LogP contribution in [0.25, 0.3) is 0 Å². The predicted octanol–water partition coefficient (Wildman–Crippen LogP) is 4.27. The van der Waals surface area contributed by atoms with E-state index in [9.17, 15) is 22.4 Å². The van der Waals surface area contributed by atoms with E-state index >= 15 is 0 Å². The van der Waals surface area contributed by atoms with E-state index in [2.05, 4.69) is 15.4 Å². The first-order valence-electron chi connectivity index (χ1n) is 6.58. The fourth-order valence-electron chi connectivity index (χ4n) is 1.77. The minimum Gasteiger partial charge on any atom is -0.433 e. The number of halogens is 5. The molecule has 0 aliphatic carbocycles. The van der Waals surface area contributed by atoms with Gasteiger partial charge in [-0.2, -0.15) is 8.78 Å². The maximum absolute atomic E-state index is 13.4. The molecule has 1 amide bonds. The fourth-order valence-corrected chi connectivity index (χ4v) is 2.00. The van der Waals surface area contributed by atoms with Gasteiger partial charge in [0.15, 0.2) is 0 Å². The molecule has 2 N–H and O–H groups in total. The summed E-state index contributed by atoms with van der Waals surface area (Å²) in [5, 5.41) is 4.88. The van der Waals surface area contributed by atoms with Gasteiger partial charge in [-0.25, -0.2) is 8.78 Å². The summed E-state index contributed by atoms with van der Waals surface area (Å²) in [5.41, 5.74) is 0.207. The molecule has 0 bridgehead atoms. The van der Waals surface area contributed by atoms with E-state index in [1.165, 1.54) is 18.2 Å². The molecule has 2 aromatic carbocycles. The third-order valence-electron chi connectivity index (χ3n) is 2.81. The Morgan fingerprint density at radius 2 is 1.92 bits per heavy atom. The summed E-state index contributed by atoms with van der Waals surface area (Å²) in [6.07, 6.45) is 0. The van der Waals surface area contributed by atoms with Crippen LogP contribution in [0, 0.1) is 11.6 Å². The van der Waals surface area contributed by atoms with Gasteiger partial charge in [-0.05, 0) is 30.3 Å². The molecule has 0 saturated heterocycles. The number of rotatable bonds is 6. The number of ether oxygens (including phenoxy) is 1. The summed E-state index contributed by atoms with van der Waals surface area (Å²) in [6, 6.07) is 6.64. The predicted molar refractivity (Wildman–Crippen MR) is 81.6 cm³/mol. The lowest BCUT2D eigenvalue weighted by molar-refractivity contribution is -0.114. The SMILES string of the molecule is O=C(CNc1ccc(OC(F)F)c(Cl)c1)Nc1ccc(F)cc1F. The molecule has 0 unspecified atom stereocenters. The van der Waals surface area contributed by atoms with Gasteiger partial charge in [-0.15, -0.1) is 0 Å². The van der Waals surface area contributed by atoms with Crippen LogP contribution >= 0.6 is 11.6 Å². The zero-order valence-corrected chi connectivity index (χ0v) is 12.7. The Bertz CT molecular complexity index is 743. The first-order chi connectivity index (χ1) is 11.3. The van der Waals surface area contributed by atoms with Gasteiger partial charge in [0.25, 0.3) is 0 Å². The van der Waals surface area contributed by atoms with E-state index in [0.29, 0.717) is 11.8 Å². The van der Waals surface area contributed by atoms with Gasteiger partial charge in [0, 0.05) is 11.8 Å². The first kappa shape index (κ1) is 17.9. The number of benzene rings is 2. The molecule has 0 spiro atoms. The van der Waals surface area contributed by atoms with E-state index in [1.54, 1.807) is 0 Å². The molecule has 0 aliphatic heterocycles. The quantitative estimate of drug-likeness (QED) is 0.754. The number of alkyl halides is 2. The topological polar surface area (TPSA) is 50.4 Å². The summed E-state index contributed by atoms with van der Waals surface area (Å²) in [5.74, 6) is -2.45. The maximum atomic E-state index is 13.4.